The van der Waals surface area contributed by atoms with Gasteiger partial charge in [-0.1, -0.05) is 11.6 Å². The number of imidazole rings is 1. The van der Waals surface area contributed by atoms with Gasteiger partial charge in [-0.05, 0) is 55.7 Å². The molecule has 0 saturated heterocycles. The van der Waals surface area contributed by atoms with Crippen molar-refractivity contribution in [2.24, 2.45) is 11.8 Å². The molecule has 1 aromatic carbocycles. The molecule has 0 amide bonds. The fourth-order valence-electron chi connectivity index (χ4n) is 3.40. The summed E-state index contributed by atoms with van der Waals surface area (Å²) >= 11 is 12.1. The molecule has 0 spiro atoms. The molecule has 0 atom stereocenters. The van der Waals surface area contributed by atoms with E-state index in [1.807, 2.05) is 12.1 Å². The standard InChI is InChI=1S/C16H18Cl2N2/c17-8-7-15-19-13-9-12(18)5-6-14(13)20(15)16(10-1-2-10)11-3-4-11/h5-6,9-11,16H,1-4,7-8H2. The fourth-order valence-corrected chi connectivity index (χ4v) is 3.73. The Hall–Kier alpha value is -0.730. The maximum Gasteiger partial charge on any atom is 0.111 e. The van der Waals surface area contributed by atoms with Crippen LogP contribution in [0.1, 0.15) is 37.5 Å². The zero-order valence-corrected chi connectivity index (χ0v) is 12.9. The third-order valence-electron chi connectivity index (χ3n) is 4.55. The third kappa shape index (κ3) is 2.23. The Morgan fingerprint density at radius 1 is 1.20 bits per heavy atom. The molecule has 106 valence electrons. The Balaban J connectivity index is 1.87. The molecule has 2 saturated carbocycles. The molecule has 0 aliphatic heterocycles. The normalized spacial score (nSPS) is 19.1. The third-order valence-corrected chi connectivity index (χ3v) is 4.97. The number of aromatic nitrogens is 2. The van der Waals surface area contributed by atoms with Gasteiger partial charge in [-0.15, -0.1) is 11.6 Å². The first-order chi connectivity index (χ1) is 9.78. The lowest BCUT2D eigenvalue weighted by Gasteiger charge is -2.21. The molecule has 2 aliphatic carbocycles. The van der Waals surface area contributed by atoms with E-state index in [0.717, 1.165) is 34.6 Å². The van der Waals surface area contributed by atoms with E-state index in [1.165, 1.54) is 31.2 Å². The van der Waals surface area contributed by atoms with Crippen LogP contribution in [0.2, 0.25) is 5.02 Å². The molecule has 0 N–H and O–H groups in total. The van der Waals surface area contributed by atoms with Crippen LogP contribution in [0.15, 0.2) is 18.2 Å². The van der Waals surface area contributed by atoms with Crippen LogP contribution in [0.4, 0.5) is 0 Å². The van der Waals surface area contributed by atoms with Crippen LogP contribution in [-0.4, -0.2) is 15.4 Å². The molecule has 4 heteroatoms. The summed E-state index contributed by atoms with van der Waals surface area (Å²) in [7, 11) is 0. The Bertz CT molecular complexity index is 629. The molecule has 0 radical (unpaired) electrons. The van der Waals surface area contributed by atoms with Gasteiger partial charge in [0.2, 0.25) is 0 Å². The molecule has 0 unspecified atom stereocenters. The Morgan fingerprint density at radius 3 is 2.50 bits per heavy atom. The highest BCUT2D eigenvalue weighted by Gasteiger charge is 2.43. The van der Waals surface area contributed by atoms with Crippen LogP contribution in [0.25, 0.3) is 11.0 Å². The van der Waals surface area contributed by atoms with Crippen molar-refractivity contribution in [2.45, 2.75) is 38.1 Å². The van der Waals surface area contributed by atoms with Gasteiger partial charge in [0.15, 0.2) is 0 Å². The van der Waals surface area contributed by atoms with Gasteiger partial charge in [0, 0.05) is 23.4 Å². The number of halogens is 2. The van der Waals surface area contributed by atoms with Crippen molar-refractivity contribution in [2.75, 3.05) is 5.88 Å². The number of nitrogens with zero attached hydrogens (tertiary/aromatic N) is 2. The van der Waals surface area contributed by atoms with Gasteiger partial charge in [0.05, 0.1) is 11.0 Å². The molecular formula is C16H18Cl2N2. The van der Waals surface area contributed by atoms with E-state index in [1.54, 1.807) is 0 Å². The van der Waals surface area contributed by atoms with Crippen molar-refractivity contribution in [1.29, 1.82) is 0 Å². The van der Waals surface area contributed by atoms with E-state index in [0.29, 0.717) is 11.9 Å². The fraction of sp³-hybridized carbons (Fsp3) is 0.562. The average molecular weight is 309 g/mol. The van der Waals surface area contributed by atoms with Gasteiger partial charge in [-0.25, -0.2) is 4.98 Å². The molecule has 2 fully saturated rings. The minimum absolute atomic E-state index is 0.624. The zero-order valence-electron chi connectivity index (χ0n) is 11.4. The lowest BCUT2D eigenvalue weighted by Crippen LogP contribution is -2.16. The lowest BCUT2D eigenvalue weighted by atomic mass is 10.1. The number of hydrogen-bond donors (Lipinski definition) is 0. The highest BCUT2D eigenvalue weighted by molar-refractivity contribution is 6.31. The second kappa shape index (κ2) is 4.92. The quantitative estimate of drug-likeness (QED) is 0.723. The maximum atomic E-state index is 6.11. The average Bonchev–Trinajstić information content (AvgIpc) is 3.31. The minimum Gasteiger partial charge on any atom is -0.324 e. The van der Waals surface area contributed by atoms with E-state index in [4.69, 9.17) is 28.2 Å². The van der Waals surface area contributed by atoms with Crippen molar-refractivity contribution >= 4 is 34.2 Å². The Kier molecular flexibility index (Phi) is 3.19. The largest absolute Gasteiger partial charge is 0.324 e. The molecule has 2 nitrogen and oxygen atoms in total. The molecule has 2 aliphatic rings. The maximum absolute atomic E-state index is 6.11. The van der Waals surface area contributed by atoms with Gasteiger partial charge in [-0.3, -0.25) is 0 Å². The van der Waals surface area contributed by atoms with Crippen LogP contribution in [-0.2, 0) is 6.42 Å². The van der Waals surface area contributed by atoms with Gasteiger partial charge < -0.3 is 4.57 Å². The van der Waals surface area contributed by atoms with Crippen LogP contribution >= 0.6 is 23.2 Å². The highest BCUT2D eigenvalue weighted by Crippen LogP contribution is 2.53. The summed E-state index contributed by atoms with van der Waals surface area (Å²) in [6, 6.07) is 6.71. The Labute approximate surface area is 129 Å². The first-order valence-corrected chi connectivity index (χ1v) is 8.41. The first-order valence-electron chi connectivity index (χ1n) is 7.50. The summed E-state index contributed by atoms with van der Waals surface area (Å²) in [5.41, 5.74) is 2.25. The predicted molar refractivity (Wildman–Crippen MR) is 83.7 cm³/mol. The van der Waals surface area contributed by atoms with Gasteiger partial charge >= 0.3 is 0 Å². The second-order valence-electron chi connectivity index (χ2n) is 6.14. The lowest BCUT2D eigenvalue weighted by molar-refractivity contribution is 0.393. The summed E-state index contributed by atoms with van der Waals surface area (Å²) in [5, 5.41) is 0.758. The van der Waals surface area contributed by atoms with Crippen LogP contribution < -0.4 is 0 Å². The van der Waals surface area contributed by atoms with Crippen LogP contribution in [0.5, 0.6) is 0 Å². The molecule has 2 aromatic rings. The molecule has 20 heavy (non-hydrogen) atoms. The number of aryl methyl sites for hydroxylation is 1. The van der Waals surface area contributed by atoms with E-state index in [2.05, 4.69) is 10.6 Å². The molecule has 1 aromatic heterocycles. The number of rotatable bonds is 5. The minimum atomic E-state index is 0.624. The highest BCUT2D eigenvalue weighted by atomic mass is 35.5. The smallest absolute Gasteiger partial charge is 0.111 e. The summed E-state index contributed by atoms with van der Waals surface area (Å²) in [5.74, 6) is 3.47. The van der Waals surface area contributed by atoms with Gasteiger partial charge in [-0.2, -0.15) is 0 Å². The van der Waals surface area contributed by atoms with Crippen LogP contribution in [0, 0.1) is 11.8 Å². The first kappa shape index (κ1) is 13.0. The molecule has 4 rings (SSSR count). The van der Waals surface area contributed by atoms with Gasteiger partial charge in [0.25, 0.3) is 0 Å². The number of benzene rings is 1. The second-order valence-corrected chi connectivity index (χ2v) is 6.95. The predicted octanol–water partition coefficient (Wildman–Crippen LogP) is 4.83. The summed E-state index contributed by atoms with van der Waals surface area (Å²) in [6.45, 7) is 0. The van der Waals surface area contributed by atoms with E-state index in [-0.39, 0.29) is 0 Å². The zero-order chi connectivity index (χ0) is 13.7. The SMILES string of the molecule is ClCCc1nc2cc(Cl)ccc2n1C(C1CC1)C1CC1. The monoisotopic (exact) mass is 308 g/mol. The number of hydrogen-bond acceptors (Lipinski definition) is 1. The summed E-state index contributed by atoms with van der Waals surface area (Å²) in [6.07, 6.45) is 6.32. The molecule has 0 bridgehead atoms. The van der Waals surface area contributed by atoms with E-state index >= 15 is 0 Å². The topological polar surface area (TPSA) is 17.8 Å². The molecular weight excluding hydrogens is 291 g/mol. The van der Waals surface area contributed by atoms with Crippen molar-refractivity contribution in [3.8, 4) is 0 Å². The summed E-state index contributed by atoms with van der Waals surface area (Å²) in [4.78, 5) is 4.80. The van der Waals surface area contributed by atoms with Crippen LogP contribution in [0.3, 0.4) is 0 Å². The Morgan fingerprint density at radius 2 is 1.90 bits per heavy atom. The van der Waals surface area contributed by atoms with Crippen molar-refractivity contribution in [3.05, 3.63) is 29.0 Å². The van der Waals surface area contributed by atoms with Crippen molar-refractivity contribution < 1.29 is 0 Å². The van der Waals surface area contributed by atoms with Crippen molar-refractivity contribution in [3.63, 3.8) is 0 Å². The summed E-state index contributed by atoms with van der Waals surface area (Å²) < 4.78 is 2.49. The van der Waals surface area contributed by atoms with E-state index < -0.39 is 0 Å². The number of fused-ring (bicyclic) bond motifs is 1. The van der Waals surface area contributed by atoms with Crippen molar-refractivity contribution in [1.82, 2.24) is 9.55 Å². The molecule has 1 heterocycles. The number of alkyl halides is 1. The van der Waals surface area contributed by atoms with E-state index in [9.17, 15) is 0 Å². The van der Waals surface area contributed by atoms with Gasteiger partial charge in [0.1, 0.15) is 5.82 Å².